The van der Waals surface area contributed by atoms with Crippen LogP contribution in [0.25, 0.3) is 0 Å². The van der Waals surface area contributed by atoms with Crippen LogP contribution in [0.4, 0.5) is 10.1 Å². The monoisotopic (exact) mass is 285 g/mol. The number of rotatable bonds is 3. The van der Waals surface area contributed by atoms with Gasteiger partial charge in [0.15, 0.2) is 0 Å². The molecule has 0 N–H and O–H groups in total. The molecule has 3 rings (SSSR count). The molecule has 1 aliphatic rings. The maximum atomic E-state index is 12.9. The lowest BCUT2D eigenvalue weighted by Gasteiger charge is -2.29. The minimum atomic E-state index is -0.257. The summed E-state index contributed by atoms with van der Waals surface area (Å²) >= 11 is 0. The first-order chi connectivity index (χ1) is 10.2. The number of hydrogen-bond donors (Lipinski definition) is 0. The number of carbonyl (C=O) groups is 1. The summed E-state index contributed by atoms with van der Waals surface area (Å²) in [6.45, 7) is 1.08. The minimum Gasteiger partial charge on any atom is -0.490 e. The Kier molecular flexibility index (Phi) is 3.86. The van der Waals surface area contributed by atoms with Crippen molar-refractivity contribution in [3.63, 3.8) is 0 Å². The number of amides is 1. The normalized spacial score (nSPS) is 13.5. The Morgan fingerprint density at radius 1 is 1.14 bits per heavy atom. The van der Waals surface area contributed by atoms with Gasteiger partial charge in [-0.15, -0.1) is 0 Å². The summed E-state index contributed by atoms with van der Waals surface area (Å²) in [7, 11) is 0. The van der Waals surface area contributed by atoms with Crippen molar-refractivity contribution in [1.29, 1.82) is 0 Å². The van der Waals surface area contributed by atoms with E-state index in [4.69, 9.17) is 4.74 Å². The number of ether oxygens (including phenoxy) is 1. The topological polar surface area (TPSA) is 29.5 Å². The third kappa shape index (κ3) is 3.05. The molecule has 2 aromatic carbocycles. The number of hydrogen-bond acceptors (Lipinski definition) is 2. The van der Waals surface area contributed by atoms with Crippen LogP contribution in [0.15, 0.2) is 48.5 Å². The summed E-state index contributed by atoms with van der Waals surface area (Å²) in [5, 5.41) is 0. The minimum absolute atomic E-state index is 0.0649. The number of benzene rings is 2. The van der Waals surface area contributed by atoms with E-state index < -0.39 is 0 Å². The molecule has 0 aliphatic carbocycles. The van der Waals surface area contributed by atoms with Crippen LogP contribution in [0.2, 0.25) is 0 Å². The second-order valence-corrected chi connectivity index (χ2v) is 4.99. The first-order valence-corrected chi connectivity index (χ1v) is 7.01. The summed E-state index contributed by atoms with van der Waals surface area (Å²) in [5.41, 5.74) is 1.79. The summed E-state index contributed by atoms with van der Waals surface area (Å²) < 4.78 is 18.4. The summed E-state index contributed by atoms with van der Waals surface area (Å²) in [6, 6.07) is 13.8. The highest BCUT2D eigenvalue weighted by Gasteiger charge is 2.22. The highest BCUT2D eigenvalue weighted by atomic mass is 19.1. The zero-order valence-corrected chi connectivity index (χ0v) is 11.6. The summed E-state index contributed by atoms with van der Waals surface area (Å²) in [4.78, 5) is 14.2. The summed E-state index contributed by atoms with van der Waals surface area (Å²) in [6.07, 6.45) is 1.01. The molecule has 0 saturated heterocycles. The van der Waals surface area contributed by atoms with Crippen molar-refractivity contribution in [2.24, 2.45) is 0 Å². The molecule has 2 aromatic rings. The SMILES string of the molecule is O=C(CCc1ccc(F)cc1)N1CCOc2ccccc21. The van der Waals surface area contributed by atoms with Gasteiger partial charge < -0.3 is 9.64 Å². The molecule has 108 valence electrons. The highest BCUT2D eigenvalue weighted by Crippen LogP contribution is 2.31. The van der Waals surface area contributed by atoms with Gasteiger partial charge in [0.25, 0.3) is 0 Å². The number of anilines is 1. The van der Waals surface area contributed by atoms with Crippen LogP contribution in [0.3, 0.4) is 0 Å². The largest absolute Gasteiger partial charge is 0.490 e. The van der Waals surface area contributed by atoms with Crippen molar-refractivity contribution in [2.45, 2.75) is 12.8 Å². The van der Waals surface area contributed by atoms with Crippen LogP contribution in [0.1, 0.15) is 12.0 Å². The van der Waals surface area contributed by atoms with Crippen molar-refractivity contribution in [2.75, 3.05) is 18.1 Å². The average molecular weight is 285 g/mol. The summed E-state index contributed by atoms with van der Waals surface area (Å²) in [5.74, 6) is 0.557. The van der Waals surface area contributed by atoms with Gasteiger partial charge in [-0.25, -0.2) is 4.39 Å². The Morgan fingerprint density at radius 2 is 1.90 bits per heavy atom. The Labute approximate surface area is 123 Å². The van der Waals surface area contributed by atoms with Gasteiger partial charge in [-0.2, -0.15) is 0 Å². The van der Waals surface area contributed by atoms with E-state index in [0.29, 0.717) is 26.0 Å². The first-order valence-electron chi connectivity index (χ1n) is 7.01. The van der Waals surface area contributed by atoms with E-state index in [2.05, 4.69) is 0 Å². The highest BCUT2D eigenvalue weighted by molar-refractivity contribution is 5.95. The van der Waals surface area contributed by atoms with E-state index in [0.717, 1.165) is 17.0 Å². The number of halogens is 1. The molecule has 0 saturated carbocycles. The maximum Gasteiger partial charge on any atom is 0.227 e. The lowest BCUT2D eigenvalue weighted by molar-refractivity contribution is -0.118. The fourth-order valence-corrected chi connectivity index (χ4v) is 2.47. The van der Waals surface area contributed by atoms with E-state index in [-0.39, 0.29) is 11.7 Å². The van der Waals surface area contributed by atoms with E-state index in [1.54, 1.807) is 17.0 Å². The van der Waals surface area contributed by atoms with Crippen molar-refractivity contribution in [3.05, 3.63) is 59.9 Å². The number of para-hydroxylation sites is 2. The van der Waals surface area contributed by atoms with Crippen LogP contribution in [-0.2, 0) is 11.2 Å². The van der Waals surface area contributed by atoms with Crippen molar-refractivity contribution in [1.82, 2.24) is 0 Å². The van der Waals surface area contributed by atoms with Gasteiger partial charge in [-0.05, 0) is 36.2 Å². The van der Waals surface area contributed by atoms with Gasteiger partial charge in [0.05, 0.1) is 12.2 Å². The van der Waals surface area contributed by atoms with Crippen molar-refractivity contribution in [3.8, 4) is 5.75 Å². The molecule has 1 aliphatic heterocycles. The van der Waals surface area contributed by atoms with Crippen LogP contribution in [-0.4, -0.2) is 19.1 Å². The maximum absolute atomic E-state index is 12.9. The van der Waals surface area contributed by atoms with E-state index in [9.17, 15) is 9.18 Å². The molecule has 1 heterocycles. The Morgan fingerprint density at radius 3 is 2.71 bits per heavy atom. The Balaban J connectivity index is 1.68. The van der Waals surface area contributed by atoms with Gasteiger partial charge in [0.1, 0.15) is 18.2 Å². The molecule has 1 amide bonds. The van der Waals surface area contributed by atoms with Gasteiger partial charge in [0, 0.05) is 6.42 Å². The third-order valence-corrected chi connectivity index (χ3v) is 3.57. The molecule has 0 aromatic heterocycles. The van der Waals surface area contributed by atoms with Crippen LogP contribution >= 0.6 is 0 Å². The lowest BCUT2D eigenvalue weighted by Crippen LogP contribution is -2.38. The predicted molar refractivity (Wildman–Crippen MR) is 79.0 cm³/mol. The Hall–Kier alpha value is -2.36. The van der Waals surface area contributed by atoms with Gasteiger partial charge in [0.2, 0.25) is 5.91 Å². The third-order valence-electron chi connectivity index (χ3n) is 3.57. The molecular weight excluding hydrogens is 269 g/mol. The zero-order valence-electron chi connectivity index (χ0n) is 11.6. The molecule has 0 atom stereocenters. The van der Waals surface area contributed by atoms with Gasteiger partial charge in [-0.3, -0.25) is 4.79 Å². The second kappa shape index (κ2) is 5.95. The number of carbonyl (C=O) groups excluding carboxylic acids is 1. The molecule has 0 fully saturated rings. The van der Waals surface area contributed by atoms with Crippen LogP contribution < -0.4 is 9.64 Å². The second-order valence-electron chi connectivity index (χ2n) is 4.99. The number of nitrogens with zero attached hydrogens (tertiary/aromatic N) is 1. The van der Waals surface area contributed by atoms with Crippen LogP contribution in [0, 0.1) is 5.82 Å². The fourth-order valence-electron chi connectivity index (χ4n) is 2.47. The molecule has 0 unspecified atom stereocenters. The van der Waals surface area contributed by atoms with Crippen LogP contribution in [0.5, 0.6) is 5.75 Å². The molecule has 21 heavy (non-hydrogen) atoms. The standard InChI is InChI=1S/C17H16FNO2/c18-14-8-5-13(6-9-14)7-10-17(20)19-11-12-21-16-4-2-1-3-15(16)19/h1-6,8-9H,7,10-12H2. The van der Waals surface area contributed by atoms with E-state index in [1.807, 2.05) is 24.3 Å². The van der Waals surface area contributed by atoms with Gasteiger partial charge in [-0.1, -0.05) is 24.3 Å². The molecule has 0 bridgehead atoms. The van der Waals surface area contributed by atoms with Gasteiger partial charge >= 0.3 is 0 Å². The molecule has 0 radical (unpaired) electrons. The first kappa shape index (κ1) is 13.6. The van der Waals surface area contributed by atoms with E-state index >= 15 is 0 Å². The Bertz CT molecular complexity index is 639. The van der Waals surface area contributed by atoms with E-state index in [1.165, 1.54) is 12.1 Å². The lowest BCUT2D eigenvalue weighted by atomic mass is 10.1. The van der Waals surface area contributed by atoms with Crippen molar-refractivity contribution >= 4 is 11.6 Å². The smallest absolute Gasteiger partial charge is 0.227 e. The quantitative estimate of drug-likeness (QED) is 0.867. The number of aryl methyl sites for hydroxylation is 1. The molecular formula is C17H16FNO2. The molecule has 3 nitrogen and oxygen atoms in total. The molecule has 0 spiro atoms. The molecule has 4 heteroatoms. The zero-order chi connectivity index (χ0) is 14.7. The predicted octanol–water partition coefficient (Wildman–Crippen LogP) is 3.18. The fraction of sp³-hybridized carbons (Fsp3) is 0.235. The van der Waals surface area contributed by atoms with Crippen molar-refractivity contribution < 1.29 is 13.9 Å². The number of fused-ring (bicyclic) bond motifs is 1. The average Bonchev–Trinajstić information content (AvgIpc) is 2.53.